The van der Waals surface area contributed by atoms with Crippen LogP contribution in [0.4, 0.5) is 0 Å². The smallest absolute Gasteiger partial charge is 0.273 e. The largest absolute Gasteiger partial charge is 0.506 e. The van der Waals surface area contributed by atoms with Crippen molar-refractivity contribution < 1.29 is 19.1 Å². The Kier molecular flexibility index (Phi) is 4.74. The minimum atomic E-state index is -0.711. The summed E-state index contributed by atoms with van der Waals surface area (Å²) in [5, 5.41) is 13.5. The summed E-state index contributed by atoms with van der Waals surface area (Å²) in [6.07, 6.45) is 3.00. The Hall–Kier alpha value is -4.07. The van der Waals surface area contributed by atoms with E-state index in [9.17, 15) is 14.7 Å². The molecule has 3 aromatic heterocycles. The number of carbonyl (C=O) groups excluding carboxylic acids is 1. The predicted molar refractivity (Wildman–Crippen MR) is 105 cm³/mol. The molecule has 0 saturated carbocycles. The van der Waals surface area contributed by atoms with E-state index in [0.717, 1.165) is 0 Å². The fraction of sp³-hybridized carbons (Fsp3) is 0.0952. The fourth-order valence-electron chi connectivity index (χ4n) is 3.05. The highest BCUT2D eigenvalue weighted by Gasteiger charge is 2.23. The molecule has 8 heteroatoms. The van der Waals surface area contributed by atoms with Gasteiger partial charge in [0.25, 0.3) is 11.5 Å². The van der Waals surface area contributed by atoms with Crippen molar-refractivity contribution in [3.63, 3.8) is 0 Å². The van der Waals surface area contributed by atoms with Gasteiger partial charge in [0, 0.05) is 6.20 Å². The Bertz CT molecular complexity index is 1230. The van der Waals surface area contributed by atoms with Crippen molar-refractivity contribution in [2.24, 2.45) is 0 Å². The van der Waals surface area contributed by atoms with Crippen LogP contribution in [0.15, 0.2) is 70.2 Å². The van der Waals surface area contributed by atoms with Crippen LogP contribution in [-0.2, 0) is 6.54 Å². The van der Waals surface area contributed by atoms with Crippen LogP contribution in [0.2, 0.25) is 0 Å². The quantitative estimate of drug-likeness (QED) is 0.542. The van der Waals surface area contributed by atoms with E-state index < -0.39 is 17.2 Å². The van der Waals surface area contributed by atoms with Gasteiger partial charge in [-0.15, -0.1) is 0 Å². The van der Waals surface area contributed by atoms with Gasteiger partial charge in [0.05, 0.1) is 31.0 Å². The topological polar surface area (TPSA) is 107 Å². The lowest BCUT2D eigenvalue weighted by molar-refractivity contribution is 0.0943. The van der Waals surface area contributed by atoms with Crippen LogP contribution in [0.1, 0.15) is 16.1 Å². The Morgan fingerprint density at radius 1 is 1.21 bits per heavy atom. The molecule has 3 heterocycles. The van der Waals surface area contributed by atoms with E-state index in [0.29, 0.717) is 17.2 Å². The van der Waals surface area contributed by atoms with E-state index in [1.54, 1.807) is 55.6 Å². The average molecular weight is 391 g/mol. The lowest BCUT2D eigenvalue weighted by atomic mass is 10.1. The van der Waals surface area contributed by atoms with Gasteiger partial charge in [-0.25, -0.2) is 4.98 Å². The zero-order chi connectivity index (χ0) is 20.4. The second-order valence-electron chi connectivity index (χ2n) is 6.20. The number of methoxy groups -OCH3 is 1. The summed E-state index contributed by atoms with van der Waals surface area (Å²) in [6, 6.07) is 13.3. The summed E-state index contributed by atoms with van der Waals surface area (Å²) in [4.78, 5) is 30.2. The molecule has 0 saturated heterocycles. The summed E-state index contributed by atoms with van der Waals surface area (Å²) < 4.78 is 11.6. The number of furan rings is 1. The first-order chi connectivity index (χ1) is 14.1. The molecule has 0 spiro atoms. The standard InChI is InChI=1S/C21H17N3O5/c1-28-14-8-6-13(7-9-14)24-19-16(5-2-10-22-19)18(25)17(21(24)27)20(26)23-12-15-4-3-11-29-15/h2-11,25H,12H2,1H3,(H,23,26). The number of hydrogen-bond acceptors (Lipinski definition) is 6. The van der Waals surface area contributed by atoms with Crippen LogP contribution in [0, 0.1) is 0 Å². The number of nitrogens with one attached hydrogen (secondary N) is 1. The molecule has 0 unspecified atom stereocenters. The molecule has 0 bridgehead atoms. The van der Waals surface area contributed by atoms with Crippen molar-refractivity contribution in [1.82, 2.24) is 14.9 Å². The third-order valence-corrected chi connectivity index (χ3v) is 4.47. The molecule has 0 aliphatic rings. The molecule has 1 amide bonds. The van der Waals surface area contributed by atoms with E-state index in [1.807, 2.05) is 0 Å². The number of rotatable bonds is 5. The first-order valence-corrected chi connectivity index (χ1v) is 8.78. The van der Waals surface area contributed by atoms with Crippen LogP contribution >= 0.6 is 0 Å². The molecular formula is C21H17N3O5. The molecule has 0 fully saturated rings. The minimum absolute atomic E-state index is 0.0817. The molecule has 0 atom stereocenters. The van der Waals surface area contributed by atoms with E-state index in [4.69, 9.17) is 9.15 Å². The zero-order valence-electron chi connectivity index (χ0n) is 15.5. The Labute approximate surface area is 165 Å². The average Bonchev–Trinajstić information content (AvgIpc) is 3.27. The van der Waals surface area contributed by atoms with Gasteiger partial charge < -0.3 is 19.6 Å². The number of aromatic nitrogens is 2. The van der Waals surface area contributed by atoms with Crippen molar-refractivity contribution in [3.05, 3.63) is 82.7 Å². The third kappa shape index (κ3) is 3.31. The number of aromatic hydroxyl groups is 1. The highest BCUT2D eigenvalue weighted by atomic mass is 16.5. The molecule has 0 radical (unpaired) electrons. The van der Waals surface area contributed by atoms with Crippen LogP contribution in [-0.4, -0.2) is 27.7 Å². The molecule has 1 aromatic carbocycles. The van der Waals surface area contributed by atoms with E-state index in [2.05, 4.69) is 10.3 Å². The van der Waals surface area contributed by atoms with Crippen molar-refractivity contribution in [1.29, 1.82) is 0 Å². The van der Waals surface area contributed by atoms with Gasteiger partial charge in [-0.1, -0.05) is 0 Å². The lowest BCUT2D eigenvalue weighted by Gasteiger charge is -2.14. The number of amides is 1. The number of hydrogen-bond donors (Lipinski definition) is 2. The molecular weight excluding hydrogens is 374 g/mol. The first kappa shape index (κ1) is 18.3. The maximum atomic E-state index is 13.2. The fourth-order valence-corrected chi connectivity index (χ4v) is 3.05. The molecule has 0 aliphatic carbocycles. The number of fused-ring (bicyclic) bond motifs is 1. The van der Waals surface area contributed by atoms with Crippen molar-refractivity contribution >= 4 is 16.9 Å². The van der Waals surface area contributed by atoms with Gasteiger partial charge in [0.2, 0.25) is 0 Å². The molecule has 2 N–H and O–H groups in total. The number of nitrogens with zero attached hydrogens (tertiary/aromatic N) is 2. The number of carbonyl (C=O) groups is 1. The monoisotopic (exact) mass is 391 g/mol. The third-order valence-electron chi connectivity index (χ3n) is 4.47. The van der Waals surface area contributed by atoms with Gasteiger partial charge in [-0.2, -0.15) is 0 Å². The normalized spacial score (nSPS) is 10.8. The molecule has 4 rings (SSSR count). The van der Waals surface area contributed by atoms with Gasteiger partial charge >= 0.3 is 0 Å². The lowest BCUT2D eigenvalue weighted by Crippen LogP contribution is -2.32. The maximum Gasteiger partial charge on any atom is 0.273 e. The SMILES string of the molecule is COc1ccc(-n2c(=O)c(C(=O)NCc3ccco3)c(O)c3cccnc32)cc1. The second kappa shape index (κ2) is 7.51. The molecule has 146 valence electrons. The summed E-state index contributed by atoms with van der Waals surface area (Å²) in [7, 11) is 1.54. The molecule has 0 aliphatic heterocycles. The number of pyridine rings is 2. The van der Waals surface area contributed by atoms with Crippen LogP contribution in [0.25, 0.3) is 16.7 Å². The zero-order valence-corrected chi connectivity index (χ0v) is 15.5. The summed E-state index contributed by atoms with van der Waals surface area (Å²) in [5.74, 6) is 0.0155. The minimum Gasteiger partial charge on any atom is -0.506 e. The van der Waals surface area contributed by atoms with E-state index in [1.165, 1.54) is 17.0 Å². The van der Waals surface area contributed by atoms with Crippen LogP contribution < -0.4 is 15.6 Å². The Balaban J connectivity index is 1.86. The van der Waals surface area contributed by atoms with Crippen LogP contribution in [0.3, 0.4) is 0 Å². The number of ether oxygens (including phenoxy) is 1. The summed E-state index contributed by atoms with van der Waals surface area (Å²) in [6.45, 7) is 0.0817. The van der Waals surface area contributed by atoms with Gasteiger partial charge in [0.15, 0.2) is 5.65 Å². The van der Waals surface area contributed by atoms with Crippen LogP contribution in [0.5, 0.6) is 11.5 Å². The van der Waals surface area contributed by atoms with Crippen molar-refractivity contribution in [3.8, 4) is 17.2 Å². The van der Waals surface area contributed by atoms with Gasteiger partial charge in [-0.3, -0.25) is 14.2 Å². The number of benzene rings is 1. The second-order valence-corrected chi connectivity index (χ2v) is 6.20. The van der Waals surface area contributed by atoms with Gasteiger partial charge in [0.1, 0.15) is 22.8 Å². The van der Waals surface area contributed by atoms with E-state index in [-0.39, 0.29) is 23.1 Å². The summed E-state index contributed by atoms with van der Waals surface area (Å²) in [5.41, 5.74) is -0.328. The predicted octanol–water partition coefficient (Wildman–Crippen LogP) is 2.62. The van der Waals surface area contributed by atoms with E-state index >= 15 is 0 Å². The Morgan fingerprint density at radius 2 is 2.00 bits per heavy atom. The maximum absolute atomic E-state index is 13.2. The molecule has 4 aromatic rings. The van der Waals surface area contributed by atoms with Gasteiger partial charge in [-0.05, 0) is 48.5 Å². The highest BCUT2D eigenvalue weighted by molar-refractivity contribution is 6.02. The molecule has 8 nitrogen and oxygen atoms in total. The molecule has 29 heavy (non-hydrogen) atoms. The highest BCUT2D eigenvalue weighted by Crippen LogP contribution is 2.27. The Morgan fingerprint density at radius 3 is 2.69 bits per heavy atom. The van der Waals surface area contributed by atoms with Crippen molar-refractivity contribution in [2.45, 2.75) is 6.54 Å². The first-order valence-electron chi connectivity index (χ1n) is 8.78. The summed E-state index contributed by atoms with van der Waals surface area (Å²) >= 11 is 0. The van der Waals surface area contributed by atoms with Crippen molar-refractivity contribution in [2.75, 3.05) is 7.11 Å².